The molecule has 1 saturated heterocycles. The zero-order valence-electron chi connectivity index (χ0n) is 11.1. The molecule has 18 heavy (non-hydrogen) atoms. The summed E-state index contributed by atoms with van der Waals surface area (Å²) >= 11 is 1.71. The number of rotatable bonds is 3. The first-order valence-electron chi connectivity index (χ1n) is 6.29. The number of thioether (sulfide) groups is 1. The molecule has 2 rings (SSSR count). The molecule has 0 unspecified atom stereocenters. The second-order valence-corrected chi connectivity index (χ2v) is 5.52. The summed E-state index contributed by atoms with van der Waals surface area (Å²) < 4.78 is 0. The van der Waals surface area contributed by atoms with Crippen LogP contribution in [0.25, 0.3) is 0 Å². The lowest BCUT2D eigenvalue weighted by Gasteiger charge is -2.32. The van der Waals surface area contributed by atoms with Crippen LogP contribution in [0.2, 0.25) is 0 Å². The fraction of sp³-hybridized carbons (Fsp3) is 0.500. The molecule has 0 spiro atoms. The van der Waals surface area contributed by atoms with E-state index in [1.165, 1.54) is 4.90 Å². The number of carbonyl (C=O) groups is 1. The molecule has 0 N–H and O–H groups in total. The summed E-state index contributed by atoms with van der Waals surface area (Å²) in [5, 5.41) is 0. The van der Waals surface area contributed by atoms with E-state index >= 15 is 0 Å². The molecule has 1 amide bonds. The first-order valence-corrected chi connectivity index (χ1v) is 7.51. The van der Waals surface area contributed by atoms with Crippen LogP contribution in [-0.4, -0.2) is 55.2 Å². The van der Waals surface area contributed by atoms with Crippen molar-refractivity contribution in [3.63, 3.8) is 0 Å². The van der Waals surface area contributed by atoms with Crippen molar-refractivity contribution in [2.45, 2.75) is 11.3 Å². The van der Waals surface area contributed by atoms with Gasteiger partial charge in [0.05, 0.1) is 6.42 Å². The Morgan fingerprint density at radius 2 is 1.89 bits per heavy atom. The summed E-state index contributed by atoms with van der Waals surface area (Å²) in [6.45, 7) is 3.68. The third-order valence-corrected chi connectivity index (χ3v) is 4.23. The Labute approximate surface area is 113 Å². The quantitative estimate of drug-likeness (QED) is 0.777. The Kier molecular flexibility index (Phi) is 4.66. The molecule has 0 atom stereocenters. The monoisotopic (exact) mass is 264 g/mol. The Bertz CT molecular complexity index is 414. The third-order valence-electron chi connectivity index (χ3n) is 3.39. The van der Waals surface area contributed by atoms with Gasteiger partial charge in [-0.25, -0.2) is 0 Å². The molecule has 1 aromatic carbocycles. The topological polar surface area (TPSA) is 23.6 Å². The van der Waals surface area contributed by atoms with Gasteiger partial charge in [0.15, 0.2) is 0 Å². The van der Waals surface area contributed by atoms with E-state index in [1.54, 1.807) is 11.8 Å². The average Bonchev–Trinajstić information content (AvgIpc) is 2.40. The molecule has 0 bridgehead atoms. The molecule has 0 radical (unpaired) electrons. The first-order chi connectivity index (χ1) is 8.70. The van der Waals surface area contributed by atoms with Crippen LogP contribution in [0.5, 0.6) is 0 Å². The van der Waals surface area contributed by atoms with Gasteiger partial charge >= 0.3 is 0 Å². The van der Waals surface area contributed by atoms with E-state index in [0.29, 0.717) is 6.42 Å². The molecule has 1 fully saturated rings. The van der Waals surface area contributed by atoms with Gasteiger partial charge in [-0.1, -0.05) is 18.2 Å². The highest BCUT2D eigenvalue weighted by Gasteiger charge is 2.19. The maximum absolute atomic E-state index is 12.2. The van der Waals surface area contributed by atoms with Crippen LogP contribution in [0.15, 0.2) is 29.2 Å². The molecule has 1 aromatic rings. The number of nitrogens with zero attached hydrogens (tertiary/aromatic N) is 2. The Morgan fingerprint density at radius 1 is 1.22 bits per heavy atom. The maximum atomic E-state index is 12.2. The summed E-state index contributed by atoms with van der Waals surface area (Å²) in [6, 6.07) is 8.17. The molecule has 3 nitrogen and oxygen atoms in total. The van der Waals surface area contributed by atoms with Crippen molar-refractivity contribution in [3.05, 3.63) is 29.8 Å². The van der Waals surface area contributed by atoms with E-state index < -0.39 is 0 Å². The maximum Gasteiger partial charge on any atom is 0.227 e. The van der Waals surface area contributed by atoms with Gasteiger partial charge in [0, 0.05) is 31.1 Å². The predicted octanol–water partition coefficient (Wildman–Crippen LogP) is 1.72. The van der Waals surface area contributed by atoms with E-state index in [2.05, 4.69) is 30.3 Å². The standard InChI is InChI=1S/C14H20N2OS/c1-15-7-9-16(10-8-15)14(17)11-12-5-3-4-6-13(12)18-2/h3-6H,7-11H2,1-2H3. The van der Waals surface area contributed by atoms with E-state index in [4.69, 9.17) is 0 Å². The third kappa shape index (κ3) is 3.27. The molecule has 4 heteroatoms. The largest absolute Gasteiger partial charge is 0.340 e. The van der Waals surface area contributed by atoms with Gasteiger partial charge in [0.25, 0.3) is 0 Å². The average molecular weight is 264 g/mol. The van der Waals surface area contributed by atoms with E-state index in [-0.39, 0.29) is 5.91 Å². The molecule has 98 valence electrons. The Balaban J connectivity index is 1.98. The zero-order chi connectivity index (χ0) is 13.0. The number of hydrogen-bond acceptors (Lipinski definition) is 3. The highest BCUT2D eigenvalue weighted by Crippen LogP contribution is 2.20. The molecule has 0 aliphatic carbocycles. The number of hydrogen-bond donors (Lipinski definition) is 0. The fourth-order valence-corrected chi connectivity index (χ4v) is 2.80. The number of benzene rings is 1. The van der Waals surface area contributed by atoms with Gasteiger partial charge in [-0.05, 0) is 24.9 Å². The van der Waals surface area contributed by atoms with Crippen LogP contribution in [0, 0.1) is 0 Å². The van der Waals surface area contributed by atoms with Crippen molar-refractivity contribution in [1.29, 1.82) is 0 Å². The van der Waals surface area contributed by atoms with E-state index in [9.17, 15) is 4.79 Å². The predicted molar refractivity (Wildman–Crippen MR) is 76.0 cm³/mol. The lowest BCUT2D eigenvalue weighted by atomic mass is 10.1. The highest BCUT2D eigenvalue weighted by atomic mass is 32.2. The van der Waals surface area contributed by atoms with Crippen molar-refractivity contribution in [2.24, 2.45) is 0 Å². The van der Waals surface area contributed by atoms with Gasteiger partial charge in [0.1, 0.15) is 0 Å². The highest BCUT2D eigenvalue weighted by molar-refractivity contribution is 7.98. The Morgan fingerprint density at radius 3 is 2.56 bits per heavy atom. The minimum absolute atomic E-state index is 0.254. The van der Waals surface area contributed by atoms with Gasteiger partial charge in [-0.2, -0.15) is 0 Å². The Hall–Kier alpha value is -1.00. The zero-order valence-corrected chi connectivity index (χ0v) is 11.9. The van der Waals surface area contributed by atoms with Crippen LogP contribution in [0.3, 0.4) is 0 Å². The number of piperazine rings is 1. The van der Waals surface area contributed by atoms with Crippen molar-refractivity contribution >= 4 is 17.7 Å². The molecular weight excluding hydrogens is 244 g/mol. The van der Waals surface area contributed by atoms with Crippen molar-refractivity contribution < 1.29 is 4.79 Å². The van der Waals surface area contributed by atoms with Crippen LogP contribution < -0.4 is 0 Å². The smallest absolute Gasteiger partial charge is 0.227 e. The summed E-state index contributed by atoms with van der Waals surface area (Å²) in [7, 11) is 2.10. The van der Waals surface area contributed by atoms with Crippen molar-refractivity contribution in [1.82, 2.24) is 9.80 Å². The first kappa shape index (κ1) is 13.4. The summed E-state index contributed by atoms with van der Waals surface area (Å²) in [5.74, 6) is 0.254. The van der Waals surface area contributed by atoms with Gasteiger partial charge in [-0.15, -0.1) is 11.8 Å². The van der Waals surface area contributed by atoms with Crippen LogP contribution in [-0.2, 0) is 11.2 Å². The molecule has 0 saturated carbocycles. The van der Waals surface area contributed by atoms with Gasteiger partial charge in [0.2, 0.25) is 5.91 Å². The van der Waals surface area contributed by atoms with Gasteiger partial charge < -0.3 is 9.80 Å². The van der Waals surface area contributed by atoms with Crippen molar-refractivity contribution in [2.75, 3.05) is 39.5 Å². The lowest BCUT2D eigenvalue weighted by Crippen LogP contribution is -2.47. The van der Waals surface area contributed by atoms with E-state index in [1.807, 2.05) is 17.0 Å². The van der Waals surface area contributed by atoms with E-state index in [0.717, 1.165) is 31.7 Å². The minimum Gasteiger partial charge on any atom is -0.340 e. The van der Waals surface area contributed by atoms with Crippen molar-refractivity contribution in [3.8, 4) is 0 Å². The summed E-state index contributed by atoms with van der Waals surface area (Å²) in [6.07, 6.45) is 2.58. The molecule has 1 heterocycles. The number of likely N-dealkylation sites (N-methyl/N-ethyl adjacent to an activating group) is 1. The lowest BCUT2D eigenvalue weighted by molar-refractivity contribution is -0.132. The molecule has 1 aliphatic heterocycles. The molecule has 1 aliphatic rings. The van der Waals surface area contributed by atoms with Crippen LogP contribution in [0.4, 0.5) is 0 Å². The SMILES string of the molecule is CSc1ccccc1CC(=O)N1CCN(C)CC1. The summed E-state index contributed by atoms with van der Waals surface area (Å²) in [4.78, 5) is 17.7. The fourth-order valence-electron chi connectivity index (χ4n) is 2.18. The molecule has 0 aromatic heterocycles. The minimum atomic E-state index is 0.254. The van der Waals surface area contributed by atoms with Crippen LogP contribution in [0.1, 0.15) is 5.56 Å². The number of carbonyl (C=O) groups excluding carboxylic acids is 1. The van der Waals surface area contributed by atoms with Gasteiger partial charge in [-0.3, -0.25) is 4.79 Å². The number of amides is 1. The summed E-state index contributed by atoms with van der Waals surface area (Å²) in [5.41, 5.74) is 1.15. The second kappa shape index (κ2) is 6.25. The molecular formula is C14H20N2OS. The normalized spacial score (nSPS) is 16.9. The van der Waals surface area contributed by atoms with Crippen LogP contribution >= 0.6 is 11.8 Å². The second-order valence-electron chi connectivity index (χ2n) is 4.67.